The maximum atomic E-state index is 11.6. The van der Waals surface area contributed by atoms with Gasteiger partial charge in [0, 0.05) is 0 Å². The third-order valence-electron chi connectivity index (χ3n) is 2.90. The number of carbonyl (C=O) groups is 3. The molecule has 2 rings (SSSR count). The topological polar surface area (TPSA) is 107 Å². The van der Waals surface area contributed by atoms with E-state index in [1.807, 2.05) is 0 Å². The van der Waals surface area contributed by atoms with Gasteiger partial charge >= 0.3 is 12.0 Å². The molecule has 2 N–H and O–H groups in total. The summed E-state index contributed by atoms with van der Waals surface area (Å²) in [5.74, 6) is -0.121. The number of nitrogens with one attached hydrogen (secondary N) is 2. The Kier molecular flexibility index (Phi) is 5.95. The summed E-state index contributed by atoms with van der Waals surface area (Å²) in [6.07, 6.45) is 1.49. The van der Waals surface area contributed by atoms with E-state index in [0.29, 0.717) is 17.1 Å². The van der Waals surface area contributed by atoms with Crippen molar-refractivity contribution in [3.63, 3.8) is 0 Å². The normalized spacial score (nSPS) is 9.88. The summed E-state index contributed by atoms with van der Waals surface area (Å²) < 4.78 is 14.8. The monoisotopic (exact) mass is 332 g/mol. The minimum Gasteiger partial charge on any atom is -0.484 e. The second kappa shape index (κ2) is 8.37. The van der Waals surface area contributed by atoms with E-state index in [0.717, 1.165) is 0 Å². The summed E-state index contributed by atoms with van der Waals surface area (Å²) in [4.78, 5) is 34.4. The van der Waals surface area contributed by atoms with E-state index < -0.39 is 17.9 Å². The maximum Gasteiger partial charge on any atom is 0.337 e. The van der Waals surface area contributed by atoms with Crippen molar-refractivity contribution in [2.75, 3.05) is 13.7 Å². The molecule has 8 nitrogen and oxygen atoms in total. The highest BCUT2D eigenvalue weighted by molar-refractivity contribution is 5.95. The van der Waals surface area contributed by atoms with E-state index in [1.54, 1.807) is 12.1 Å². The van der Waals surface area contributed by atoms with E-state index in [9.17, 15) is 14.4 Å². The molecule has 0 aliphatic carbocycles. The first kappa shape index (κ1) is 17.1. The first-order valence-corrected chi connectivity index (χ1v) is 6.99. The van der Waals surface area contributed by atoms with Gasteiger partial charge in [-0.05, 0) is 36.4 Å². The van der Waals surface area contributed by atoms with Crippen molar-refractivity contribution in [2.24, 2.45) is 0 Å². The van der Waals surface area contributed by atoms with Gasteiger partial charge in [0.2, 0.25) is 0 Å². The molecule has 0 spiro atoms. The van der Waals surface area contributed by atoms with Gasteiger partial charge in [-0.3, -0.25) is 10.1 Å². The second-order valence-corrected chi connectivity index (χ2v) is 4.61. The quantitative estimate of drug-likeness (QED) is 0.776. The zero-order valence-electron chi connectivity index (χ0n) is 12.9. The molecule has 0 radical (unpaired) electrons. The Labute approximate surface area is 137 Å². The number of hydrogen-bond donors (Lipinski definition) is 2. The van der Waals surface area contributed by atoms with Gasteiger partial charge in [0.25, 0.3) is 5.91 Å². The molecule has 0 saturated heterocycles. The predicted octanol–water partition coefficient (Wildman–Crippen LogP) is 1.47. The first-order chi connectivity index (χ1) is 11.6. The van der Waals surface area contributed by atoms with Crippen LogP contribution in [-0.4, -0.2) is 31.6 Å². The Morgan fingerprint density at radius 1 is 1.12 bits per heavy atom. The van der Waals surface area contributed by atoms with Crippen molar-refractivity contribution < 1.29 is 28.3 Å². The number of furan rings is 1. The molecule has 0 fully saturated rings. The third-order valence-corrected chi connectivity index (χ3v) is 2.90. The van der Waals surface area contributed by atoms with Crippen molar-refractivity contribution in [3.8, 4) is 5.75 Å². The first-order valence-electron chi connectivity index (χ1n) is 6.99. The van der Waals surface area contributed by atoms with Crippen LogP contribution in [0.4, 0.5) is 4.79 Å². The van der Waals surface area contributed by atoms with E-state index >= 15 is 0 Å². The zero-order chi connectivity index (χ0) is 17.4. The number of carbonyl (C=O) groups excluding carboxylic acids is 3. The summed E-state index contributed by atoms with van der Waals surface area (Å²) in [6, 6.07) is 8.81. The van der Waals surface area contributed by atoms with Gasteiger partial charge in [-0.25, -0.2) is 9.59 Å². The molecule has 0 atom stereocenters. The maximum absolute atomic E-state index is 11.6. The molecule has 126 valence electrons. The molecule has 24 heavy (non-hydrogen) atoms. The standard InChI is InChI=1S/C16H16N2O6/c1-22-15(20)11-4-6-12(7-5-11)24-10-14(19)18-16(21)17-9-13-3-2-8-23-13/h2-8H,9-10H2,1H3,(H2,17,18,19,21). The largest absolute Gasteiger partial charge is 0.484 e. The molecule has 1 aromatic heterocycles. The highest BCUT2D eigenvalue weighted by Crippen LogP contribution is 2.12. The van der Waals surface area contributed by atoms with Gasteiger partial charge in [-0.1, -0.05) is 0 Å². The van der Waals surface area contributed by atoms with E-state index in [4.69, 9.17) is 9.15 Å². The van der Waals surface area contributed by atoms with Crippen molar-refractivity contribution in [3.05, 3.63) is 54.0 Å². The van der Waals surface area contributed by atoms with Gasteiger partial charge in [0.05, 0.1) is 25.5 Å². The summed E-state index contributed by atoms with van der Waals surface area (Å²) >= 11 is 0. The van der Waals surface area contributed by atoms with Crippen molar-refractivity contribution in [2.45, 2.75) is 6.54 Å². The van der Waals surface area contributed by atoms with Crippen LogP contribution in [0.15, 0.2) is 47.1 Å². The fourth-order valence-electron chi connectivity index (χ4n) is 1.74. The van der Waals surface area contributed by atoms with E-state index in [1.165, 1.54) is 37.6 Å². The van der Waals surface area contributed by atoms with Crippen molar-refractivity contribution in [1.29, 1.82) is 0 Å². The summed E-state index contributed by atoms with van der Waals surface area (Å²) in [7, 11) is 1.29. The lowest BCUT2D eigenvalue weighted by Gasteiger charge is -2.08. The SMILES string of the molecule is COC(=O)c1ccc(OCC(=O)NC(=O)NCc2ccco2)cc1. The van der Waals surface area contributed by atoms with E-state index in [-0.39, 0.29) is 13.2 Å². The number of methoxy groups -OCH3 is 1. The van der Waals surface area contributed by atoms with Gasteiger partial charge in [-0.15, -0.1) is 0 Å². The summed E-state index contributed by atoms with van der Waals surface area (Å²) in [5.41, 5.74) is 0.367. The smallest absolute Gasteiger partial charge is 0.337 e. The van der Waals surface area contributed by atoms with Crippen molar-refractivity contribution in [1.82, 2.24) is 10.6 Å². The number of amides is 3. The number of urea groups is 1. The number of hydrogen-bond acceptors (Lipinski definition) is 6. The highest BCUT2D eigenvalue weighted by Gasteiger charge is 2.09. The molecule has 0 aliphatic rings. The number of imide groups is 1. The Hall–Kier alpha value is -3.29. The minimum absolute atomic E-state index is 0.169. The average molecular weight is 332 g/mol. The molecule has 1 heterocycles. The molecule has 8 heteroatoms. The van der Waals surface area contributed by atoms with Crippen LogP contribution in [0.1, 0.15) is 16.1 Å². The Morgan fingerprint density at radius 2 is 1.88 bits per heavy atom. The molecule has 0 bridgehead atoms. The molecule has 2 aromatic rings. The average Bonchev–Trinajstić information content (AvgIpc) is 3.11. The fraction of sp³-hybridized carbons (Fsp3) is 0.188. The van der Waals surface area contributed by atoms with Gasteiger partial charge in [0.1, 0.15) is 11.5 Å². The van der Waals surface area contributed by atoms with Crippen LogP contribution in [0.25, 0.3) is 0 Å². The number of esters is 1. The van der Waals surface area contributed by atoms with Gasteiger partial charge < -0.3 is 19.2 Å². The molecular formula is C16H16N2O6. The van der Waals surface area contributed by atoms with Crippen LogP contribution < -0.4 is 15.4 Å². The van der Waals surface area contributed by atoms with Gasteiger partial charge in [0.15, 0.2) is 6.61 Å². The second-order valence-electron chi connectivity index (χ2n) is 4.61. The lowest BCUT2D eigenvalue weighted by molar-refractivity contribution is -0.122. The Bertz CT molecular complexity index is 694. The molecule has 0 saturated carbocycles. The fourth-order valence-corrected chi connectivity index (χ4v) is 1.74. The minimum atomic E-state index is -0.652. The zero-order valence-corrected chi connectivity index (χ0v) is 12.9. The summed E-state index contributed by atoms with van der Waals surface area (Å²) in [5, 5.41) is 4.59. The number of ether oxygens (including phenoxy) is 2. The highest BCUT2D eigenvalue weighted by atomic mass is 16.5. The summed E-state index contributed by atoms with van der Waals surface area (Å²) in [6.45, 7) is -0.173. The molecule has 0 unspecified atom stereocenters. The number of benzene rings is 1. The van der Waals surface area contributed by atoms with Gasteiger partial charge in [-0.2, -0.15) is 0 Å². The lowest BCUT2D eigenvalue weighted by atomic mass is 10.2. The van der Waals surface area contributed by atoms with Crippen LogP contribution >= 0.6 is 0 Å². The van der Waals surface area contributed by atoms with Crippen LogP contribution in [0, 0.1) is 0 Å². The molecular weight excluding hydrogens is 316 g/mol. The van der Waals surface area contributed by atoms with Crippen molar-refractivity contribution >= 4 is 17.9 Å². The predicted molar refractivity (Wildman–Crippen MR) is 82.4 cm³/mol. The van der Waals surface area contributed by atoms with Crippen LogP contribution in [0.2, 0.25) is 0 Å². The molecule has 1 aromatic carbocycles. The third kappa shape index (κ3) is 5.16. The van der Waals surface area contributed by atoms with E-state index in [2.05, 4.69) is 15.4 Å². The lowest BCUT2D eigenvalue weighted by Crippen LogP contribution is -2.41. The number of rotatable bonds is 6. The Morgan fingerprint density at radius 3 is 2.50 bits per heavy atom. The van der Waals surface area contributed by atoms with Crippen LogP contribution in [-0.2, 0) is 16.1 Å². The van der Waals surface area contributed by atoms with Crippen LogP contribution in [0.5, 0.6) is 5.75 Å². The molecule has 3 amide bonds. The van der Waals surface area contributed by atoms with Crippen LogP contribution in [0.3, 0.4) is 0 Å². The Balaban J connectivity index is 1.72. The molecule has 0 aliphatic heterocycles.